The van der Waals surface area contributed by atoms with Crippen LogP contribution in [0.4, 0.5) is 5.69 Å². The first-order chi connectivity index (χ1) is 19.9. The van der Waals surface area contributed by atoms with Crippen LogP contribution in [0.2, 0.25) is 0 Å². The van der Waals surface area contributed by atoms with Crippen LogP contribution in [0.15, 0.2) is 52.9 Å². The second kappa shape index (κ2) is 10.3. The average molecular weight is 556 g/mol. The number of piperazine rings is 1. The van der Waals surface area contributed by atoms with E-state index in [1.807, 2.05) is 36.4 Å². The Bertz CT molecular complexity index is 1580. The van der Waals surface area contributed by atoms with E-state index in [2.05, 4.69) is 48.0 Å². The molecule has 2 bridgehead atoms. The fraction of sp³-hybridized carbons (Fsp3) is 0.448. The number of tetrazole rings is 1. The summed E-state index contributed by atoms with van der Waals surface area (Å²) < 4.78 is 6.09. The molecular weight excluding hydrogens is 522 g/mol. The van der Waals surface area contributed by atoms with Crippen LogP contribution < -0.4 is 10.6 Å². The largest absolute Gasteiger partial charge is 0.440 e. The normalized spacial score (nSPS) is 25.1. The first-order valence-corrected chi connectivity index (χ1v) is 14.2. The highest BCUT2D eigenvalue weighted by Gasteiger charge is 2.50. The number of hydrogen-bond donors (Lipinski definition) is 2. The van der Waals surface area contributed by atoms with Gasteiger partial charge in [0.2, 0.25) is 11.8 Å². The minimum atomic E-state index is -0.280. The molecule has 3 aliphatic rings. The van der Waals surface area contributed by atoms with Gasteiger partial charge in [0, 0.05) is 43.7 Å². The monoisotopic (exact) mass is 555 g/mol. The van der Waals surface area contributed by atoms with Crippen LogP contribution in [0.1, 0.15) is 55.4 Å². The number of aromatic nitrogens is 5. The zero-order valence-corrected chi connectivity index (χ0v) is 23.1. The van der Waals surface area contributed by atoms with Gasteiger partial charge >= 0.3 is 0 Å². The number of carbonyl (C=O) groups is 2. The highest BCUT2D eigenvalue weighted by atomic mass is 16.3. The van der Waals surface area contributed by atoms with Crippen molar-refractivity contribution in [2.24, 2.45) is 7.05 Å². The number of nitrogens with zero attached hydrogens (tertiary/aromatic N) is 7. The van der Waals surface area contributed by atoms with Crippen LogP contribution in [0.5, 0.6) is 0 Å². The predicted octanol–water partition coefficient (Wildman–Crippen LogP) is 2.22. The summed E-state index contributed by atoms with van der Waals surface area (Å²) in [7, 11) is 1.78. The molecule has 2 N–H and O–H groups in total. The average Bonchev–Trinajstić information content (AvgIpc) is 3.77. The Morgan fingerprint density at radius 2 is 1.95 bits per heavy atom. The van der Waals surface area contributed by atoms with Crippen molar-refractivity contribution in [3.8, 4) is 0 Å². The van der Waals surface area contributed by atoms with Crippen molar-refractivity contribution in [2.75, 3.05) is 25.0 Å². The minimum Gasteiger partial charge on any atom is -0.440 e. The van der Waals surface area contributed by atoms with Crippen molar-refractivity contribution in [1.29, 1.82) is 0 Å². The molecule has 3 aliphatic heterocycles. The maximum Gasteiger partial charge on any atom is 0.240 e. The molecule has 5 heterocycles. The molecule has 5 atom stereocenters. The van der Waals surface area contributed by atoms with Gasteiger partial charge in [-0.3, -0.25) is 14.5 Å². The Kier molecular flexibility index (Phi) is 6.51. The van der Waals surface area contributed by atoms with Crippen molar-refractivity contribution in [1.82, 2.24) is 40.3 Å². The lowest BCUT2D eigenvalue weighted by atomic mass is 9.91. The van der Waals surface area contributed by atoms with Crippen molar-refractivity contribution in [2.45, 2.75) is 56.3 Å². The van der Waals surface area contributed by atoms with E-state index in [0.717, 1.165) is 31.5 Å². The van der Waals surface area contributed by atoms with Gasteiger partial charge in [-0.05, 0) is 54.8 Å². The number of carbonyl (C=O) groups excluding carboxylic acids is 2. The second-order valence-corrected chi connectivity index (χ2v) is 11.3. The topological polar surface area (TPSA) is 134 Å². The third kappa shape index (κ3) is 4.87. The van der Waals surface area contributed by atoms with E-state index in [1.165, 1.54) is 11.7 Å². The molecule has 3 unspecified atom stereocenters. The molecule has 2 aromatic carbocycles. The molecule has 12 heteroatoms. The van der Waals surface area contributed by atoms with E-state index in [-0.39, 0.29) is 41.9 Å². The summed E-state index contributed by atoms with van der Waals surface area (Å²) in [6.45, 7) is 3.65. The number of aryl methyl sites for hydroxylation is 1. The van der Waals surface area contributed by atoms with Gasteiger partial charge in [0.1, 0.15) is 5.52 Å². The maximum absolute atomic E-state index is 13.8. The summed E-state index contributed by atoms with van der Waals surface area (Å²) in [5.41, 5.74) is 3.20. The number of benzene rings is 2. The first kappa shape index (κ1) is 25.8. The molecule has 12 nitrogen and oxygen atoms in total. The lowest BCUT2D eigenvalue weighted by Gasteiger charge is -2.40. The third-order valence-electron chi connectivity index (χ3n) is 8.56. The van der Waals surface area contributed by atoms with Crippen LogP contribution in [-0.2, 0) is 16.6 Å². The number of likely N-dealkylation sites (tertiary alicyclic amines) is 2. The first-order valence-electron chi connectivity index (χ1n) is 14.2. The predicted molar refractivity (Wildman–Crippen MR) is 150 cm³/mol. The molecule has 212 valence electrons. The van der Waals surface area contributed by atoms with Gasteiger partial charge in [0.05, 0.1) is 19.1 Å². The van der Waals surface area contributed by atoms with Gasteiger partial charge in [0.25, 0.3) is 0 Å². The van der Waals surface area contributed by atoms with E-state index in [4.69, 9.17) is 9.40 Å². The van der Waals surface area contributed by atoms with Crippen molar-refractivity contribution >= 4 is 28.6 Å². The van der Waals surface area contributed by atoms with Crippen molar-refractivity contribution < 1.29 is 14.0 Å². The number of nitrogens with one attached hydrogen (secondary N) is 2. The van der Waals surface area contributed by atoms with Crippen molar-refractivity contribution in [3.63, 3.8) is 0 Å². The third-order valence-corrected chi connectivity index (χ3v) is 8.56. The summed E-state index contributed by atoms with van der Waals surface area (Å²) in [5.74, 6) is 1.40. The van der Waals surface area contributed by atoms with E-state index < -0.39 is 0 Å². The second-order valence-electron chi connectivity index (χ2n) is 11.3. The molecule has 3 saturated heterocycles. The van der Waals surface area contributed by atoms with Crippen LogP contribution in [-0.4, -0.2) is 84.6 Å². The van der Waals surface area contributed by atoms with Gasteiger partial charge in [-0.2, -0.15) is 4.80 Å². The maximum atomic E-state index is 13.8. The van der Waals surface area contributed by atoms with Crippen LogP contribution in [0.3, 0.4) is 0 Å². The van der Waals surface area contributed by atoms with E-state index in [9.17, 15) is 9.59 Å². The van der Waals surface area contributed by atoms with Gasteiger partial charge in [-0.1, -0.05) is 30.3 Å². The van der Waals surface area contributed by atoms with Gasteiger partial charge in [-0.25, -0.2) is 4.98 Å². The molecule has 0 saturated carbocycles. The summed E-state index contributed by atoms with van der Waals surface area (Å²) >= 11 is 0. The highest BCUT2D eigenvalue weighted by molar-refractivity contribution is 5.91. The molecule has 0 spiro atoms. The Morgan fingerprint density at radius 3 is 2.68 bits per heavy atom. The molecule has 2 amide bonds. The summed E-state index contributed by atoms with van der Waals surface area (Å²) in [5, 5.41) is 19.2. The molecule has 3 fully saturated rings. The summed E-state index contributed by atoms with van der Waals surface area (Å²) in [6, 6.07) is 15.7. The quantitative estimate of drug-likeness (QED) is 0.367. The van der Waals surface area contributed by atoms with Gasteiger partial charge < -0.3 is 20.0 Å². The number of piperidine rings is 1. The molecule has 2 aromatic heterocycles. The molecule has 7 rings (SSSR count). The molecule has 0 radical (unpaired) electrons. The van der Waals surface area contributed by atoms with E-state index >= 15 is 0 Å². The Hall–Kier alpha value is -4.16. The van der Waals surface area contributed by atoms with Gasteiger partial charge in [0.15, 0.2) is 17.3 Å². The SMILES string of the molecule is CC(=O)Nc1ccc2oc(C3CCNC(C(=O)N4C[C@@H]5C[C@H]4CN5C(c4ccccc4)c4nnn(C)n4)C3)nc2c1. The lowest BCUT2D eigenvalue weighted by Crippen LogP contribution is -2.56. The fourth-order valence-corrected chi connectivity index (χ4v) is 6.75. The van der Waals surface area contributed by atoms with Crippen LogP contribution in [0, 0.1) is 0 Å². The van der Waals surface area contributed by atoms with Crippen LogP contribution >= 0.6 is 0 Å². The van der Waals surface area contributed by atoms with Crippen LogP contribution in [0.25, 0.3) is 11.1 Å². The minimum absolute atomic E-state index is 0.0447. The fourth-order valence-electron chi connectivity index (χ4n) is 6.75. The van der Waals surface area contributed by atoms with Crippen molar-refractivity contribution in [3.05, 3.63) is 65.8 Å². The standard InChI is InChI=1S/C29H33N9O3/c1-17(39)31-20-8-9-25-23(13-20)32-28(41-25)19-10-11-30-24(12-19)29(40)38-16-21-14-22(38)15-37(21)26(18-6-4-3-5-7-18)27-33-35-36(2)34-27/h3-9,13,19,21-22,24,26,30H,10-12,14-16H2,1-2H3,(H,31,39)/t19?,21-,22-,24?,26?/m0/s1. The van der Waals surface area contributed by atoms with Gasteiger partial charge in [-0.15, -0.1) is 10.2 Å². The molecular formula is C29H33N9O3. The zero-order valence-electron chi connectivity index (χ0n) is 23.1. The molecule has 41 heavy (non-hydrogen) atoms. The Labute approximate surface area is 237 Å². The number of fused-ring (bicyclic) bond motifs is 3. The highest BCUT2D eigenvalue weighted by Crippen LogP contribution is 2.40. The number of anilines is 1. The number of rotatable bonds is 6. The lowest BCUT2D eigenvalue weighted by molar-refractivity contribution is -0.136. The molecule has 0 aliphatic carbocycles. The number of oxazole rings is 1. The summed E-state index contributed by atoms with van der Waals surface area (Å²) in [6.07, 6.45) is 2.42. The Morgan fingerprint density at radius 1 is 1.10 bits per heavy atom. The number of hydrogen-bond acceptors (Lipinski definition) is 9. The van der Waals surface area contributed by atoms with E-state index in [0.29, 0.717) is 41.5 Å². The van der Waals surface area contributed by atoms with E-state index in [1.54, 1.807) is 7.05 Å². The Balaban J connectivity index is 1.05. The summed E-state index contributed by atoms with van der Waals surface area (Å²) in [4.78, 5) is 36.0. The number of amides is 2. The smallest absolute Gasteiger partial charge is 0.240 e. The molecule has 4 aromatic rings. The zero-order chi connectivity index (χ0) is 28.1.